The number of aliphatic hydroxyl groups excluding tert-OH is 3. The van der Waals surface area contributed by atoms with Crippen molar-refractivity contribution in [2.45, 2.75) is 51.3 Å². The third kappa shape index (κ3) is 4.31. The Bertz CT molecular complexity index is 407. The van der Waals surface area contributed by atoms with Crippen LogP contribution in [0.3, 0.4) is 0 Å². The van der Waals surface area contributed by atoms with Gasteiger partial charge in [0.15, 0.2) is 6.10 Å². The fraction of sp³-hybridized carbons (Fsp3) is 0.600. The summed E-state index contributed by atoms with van der Waals surface area (Å²) in [4.78, 5) is 0. The van der Waals surface area contributed by atoms with E-state index in [9.17, 15) is 15.3 Å². The molecule has 0 saturated carbocycles. The molecule has 0 bridgehead atoms. The third-order valence-corrected chi connectivity index (χ3v) is 3.21. The smallest absolute Gasteiger partial charge is 0.153 e. The molecule has 4 N–H and O–H groups in total. The van der Waals surface area contributed by atoms with Crippen molar-refractivity contribution in [2.24, 2.45) is 0 Å². The molecule has 6 nitrogen and oxygen atoms in total. The fourth-order valence-electron chi connectivity index (χ4n) is 2.12. The summed E-state index contributed by atoms with van der Waals surface area (Å²) in [5.74, 6) is 0.563. The Morgan fingerprint density at radius 1 is 1.10 bits per heavy atom. The van der Waals surface area contributed by atoms with Crippen molar-refractivity contribution in [1.82, 2.24) is 0 Å². The maximum Gasteiger partial charge on any atom is 0.153 e. The van der Waals surface area contributed by atoms with Gasteiger partial charge in [-0.1, -0.05) is 13.8 Å². The van der Waals surface area contributed by atoms with Crippen LogP contribution in [0.25, 0.3) is 0 Å². The van der Waals surface area contributed by atoms with Crippen molar-refractivity contribution in [2.75, 3.05) is 6.61 Å². The highest BCUT2D eigenvalue weighted by atomic mass is 16.6. The molecule has 1 aromatic carbocycles. The molecule has 1 aliphatic heterocycles. The summed E-state index contributed by atoms with van der Waals surface area (Å²) in [6.45, 7) is 5.33. The normalized spacial score (nSPS) is 32.0. The van der Waals surface area contributed by atoms with Crippen LogP contribution in [0.4, 0.5) is 0 Å². The standard InChI is InChI=1S/C13H18O6.C2H6/c1-7-13(12(17)11(16)10(6-14)18-7)19-9-4-2-8(15)3-5-9;1-2/h2-5,7,10-17H,6H2,1H3;1-2H3. The van der Waals surface area contributed by atoms with Gasteiger partial charge in [-0.2, -0.15) is 0 Å². The zero-order chi connectivity index (χ0) is 16.0. The molecule has 6 heteroatoms. The number of rotatable bonds is 3. The van der Waals surface area contributed by atoms with Gasteiger partial charge >= 0.3 is 0 Å². The second-order valence-electron chi connectivity index (χ2n) is 4.62. The third-order valence-electron chi connectivity index (χ3n) is 3.21. The fourth-order valence-corrected chi connectivity index (χ4v) is 2.12. The van der Waals surface area contributed by atoms with E-state index in [1.54, 1.807) is 19.1 Å². The van der Waals surface area contributed by atoms with E-state index in [2.05, 4.69) is 0 Å². The zero-order valence-electron chi connectivity index (χ0n) is 12.5. The molecule has 1 aliphatic rings. The molecular formula is C15H24O6. The molecule has 0 radical (unpaired) electrons. The van der Waals surface area contributed by atoms with E-state index in [4.69, 9.17) is 14.6 Å². The van der Waals surface area contributed by atoms with E-state index in [1.165, 1.54) is 12.1 Å². The molecule has 5 atom stereocenters. The van der Waals surface area contributed by atoms with Gasteiger partial charge in [0.2, 0.25) is 0 Å². The lowest BCUT2D eigenvalue weighted by Crippen LogP contribution is -2.59. The van der Waals surface area contributed by atoms with Gasteiger partial charge in [0.1, 0.15) is 29.8 Å². The van der Waals surface area contributed by atoms with Crippen LogP contribution in [0.15, 0.2) is 24.3 Å². The van der Waals surface area contributed by atoms with Gasteiger partial charge in [0.25, 0.3) is 0 Å². The minimum atomic E-state index is -1.21. The van der Waals surface area contributed by atoms with E-state index < -0.39 is 30.5 Å². The Labute approximate surface area is 124 Å². The molecule has 1 fully saturated rings. The van der Waals surface area contributed by atoms with E-state index in [0.29, 0.717) is 5.75 Å². The van der Waals surface area contributed by atoms with Crippen molar-refractivity contribution < 1.29 is 29.9 Å². The van der Waals surface area contributed by atoms with Crippen LogP contribution in [0.1, 0.15) is 20.8 Å². The predicted molar refractivity (Wildman–Crippen MR) is 77.3 cm³/mol. The van der Waals surface area contributed by atoms with Crippen molar-refractivity contribution >= 4 is 0 Å². The van der Waals surface area contributed by atoms with Crippen LogP contribution in [0, 0.1) is 0 Å². The Balaban J connectivity index is 0.00000106. The first-order valence-corrected chi connectivity index (χ1v) is 7.11. The molecule has 120 valence electrons. The highest BCUT2D eigenvalue weighted by Gasteiger charge is 2.43. The summed E-state index contributed by atoms with van der Waals surface area (Å²) in [6.07, 6.45) is -4.41. The highest BCUT2D eigenvalue weighted by molar-refractivity contribution is 5.30. The molecule has 1 saturated heterocycles. The van der Waals surface area contributed by atoms with Gasteiger partial charge in [0.05, 0.1) is 12.7 Å². The summed E-state index contributed by atoms with van der Waals surface area (Å²) in [5, 5.41) is 38.0. The summed E-state index contributed by atoms with van der Waals surface area (Å²) in [6, 6.07) is 6.03. The molecule has 0 aliphatic carbocycles. The maximum atomic E-state index is 10.0. The highest BCUT2D eigenvalue weighted by Crippen LogP contribution is 2.26. The number of aromatic hydroxyl groups is 1. The lowest BCUT2D eigenvalue weighted by Gasteiger charge is -2.40. The molecule has 21 heavy (non-hydrogen) atoms. The molecule has 2 rings (SSSR count). The van der Waals surface area contributed by atoms with Gasteiger partial charge in [-0.3, -0.25) is 0 Å². The number of phenols is 1. The first-order valence-electron chi connectivity index (χ1n) is 7.11. The van der Waals surface area contributed by atoms with Crippen molar-refractivity contribution in [3.63, 3.8) is 0 Å². The van der Waals surface area contributed by atoms with Crippen LogP contribution < -0.4 is 4.74 Å². The van der Waals surface area contributed by atoms with Crippen LogP contribution in [-0.4, -0.2) is 57.6 Å². The lowest BCUT2D eigenvalue weighted by molar-refractivity contribution is -0.217. The minimum absolute atomic E-state index is 0.112. The second kappa shape index (κ2) is 8.19. The van der Waals surface area contributed by atoms with E-state index in [0.717, 1.165) is 0 Å². The molecule has 1 heterocycles. The SMILES string of the molecule is CC.CC1OC(CO)C(O)C(O)C1Oc1ccc(O)cc1. The predicted octanol–water partition coefficient (Wildman–Crippen LogP) is 0.667. The Hall–Kier alpha value is -1.34. The monoisotopic (exact) mass is 300 g/mol. The number of phenolic OH excluding ortho intramolecular Hbond substituents is 1. The van der Waals surface area contributed by atoms with Crippen molar-refractivity contribution in [1.29, 1.82) is 0 Å². The molecule has 5 unspecified atom stereocenters. The first kappa shape index (κ1) is 17.7. The quantitative estimate of drug-likeness (QED) is 0.655. The van der Waals surface area contributed by atoms with Gasteiger partial charge in [-0.25, -0.2) is 0 Å². The summed E-state index contributed by atoms with van der Waals surface area (Å²) in [7, 11) is 0. The summed E-state index contributed by atoms with van der Waals surface area (Å²) < 4.78 is 11.0. The molecule has 0 aromatic heterocycles. The van der Waals surface area contributed by atoms with E-state index >= 15 is 0 Å². The van der Waals surface area contributed by atoms with E-state index in [1.807, 2.05) is 13.8 Å². The van der Waals surface area contributed by atoms with Gasteiger partial charge < -0.3 is 29.9 Å². The molecule has 0 spiro atoms. The van der Waals surface area contributed by atoms with E-state index in [-0.39, 0.29) is 12.4 Å². The maximum absolute atomic E-state index is 10.0. The number of aliphatic hydroxyl groups is 3. The second-order valence-corrected chi connectivity index (χ2v) is 4.62. The van der Waals surface area contributed by atoms with Crippen molar-refractivity contribution in [3.05, 3.63) is 24.3 Å². The van der Waals surface area contributed by atoms with Crippen LogP contribution in [0.2, 0.25) is 0 Å². The summed E-state index contributed by atoms with van der Waals surface area (Å²) >= 11 is 0. The Morgan fingerprint density at radius 2 is 1.67 bits per heavy atom. The molecule has 0 amide bonds. The number of ether oxygens (including phenoxy) is 2. The Kier molecular flexibility index (Phi) is 6.91. The van der Waals surface area contributed by atoms with Crippen LogP contribution >= 0.6 is 0 Å². The number of hydrogen-bond acceptors (Lipinski definition) is 6. The lowest BCUT2D eigenvalue weighted by atomic mass is 9.96. The molecule has 1 aromatic rings. The average molecular weight is 300 g/mol. The number of benzene rings is 1. The van der Waals surface area contributed by atoms with Crippen LogP contribution in [0.5, 0.6) is 11.5 Å². The minimum Gasteiger partial charge on any atom is -0.508 e. The average Bonchev–Trinajstić information content (AvgIpc) is 2.51. The summed E-state index contributed by atoms with van der Waals surface area (Å²) in [5.41, 5.74) is 0. The van der Waals surface area contributed by atoms with Crippen molar-refractivity contribution in [3.8, 4) is 11.5 Å². The van der Waals surface area contributed by atoms with Gasteiger partial charge in [-0.05, 0) is 31.2 Å². The molecular weight excluding hydrogens is 276 g/mol. The van der Waals surface area contributed by atoms with Gasteiger partial charge in [-0.15, -0.1) is 0 Å². The number of hydrogen-bond donors (Lipinski definition) is 4. The first-order chi connectivity index (χ1) is 10.0. The van der Waals surface area contributed by atoms with Crippen LogP contribution in [-0.2, 0) is 4.74 Å². The van der Waals surface area contributed by atoms with Gasteiger partial charge in [0, 0.05) is 0 Å². The Morgan fingerprint density at radius 3 is 2.19 bits per heavy atom. The largest absolute Gasteiger partial charge is 0.508 e. The zero-order valence-corrected chi connectivity index (χ0v) is 12.5. The topological polar surface area (TPSA) is 99.4 Å².